The highest BCUT2D eigenvalue weighted by Gasteiger charge is 2.23. The number of para-hydroxylation sites is 1. The summed E-state index contributed by atoms with van der Waals surface area (Å²) in [5.41, 5.74) is 0.109. The minimum Gasteiger partial charge on any atom is -0.384 e. The van der Waals surface area contributed by atoms with E-state index < -0.39 is 5.60 Å². The number of hydrogen-bond acceptors (Lipinski definition) is 2. The zero-order chi connectivity index (χ0) is 15.0. The lowest BCUT2D eigenvalue weighted by molar-refractivity contribution is 0.0713. The molecule has 0 bridgehead atoms. The second-order valence-corrected chi connectivity index (χ2v) is 5.65. The molecule has 3 heteroatoms. The molecule has 2 aromatic carbocycles. The fraction of sp³-hybridized carbons (Fsp3) is 0.167. The maximum absolute atomic E-state index is 12.8. The quantitative estimate of drug-likeness (QED) is 0.782. The number of aromatic nitrogens is 1. The van der Waals surface area contributed by atoms with E-state index in [1.807, 2.05) is 60.7 Å². The van der Waals surface area contributed by atoms with Gasteiger partial charge in [0.2, 0.25) is 0 Å². The van der Waals surface area contributed by atoms with Crippen molar-refractivity contribution in [3.8, 4) is 5.69 Å². The highest BCUT2D eigenvalue weighted by atomic mass is 16.3. The summed E-state index contributed by atoms with van der Waals surface area (Å²) in [6.45, 7) is 3.38. The van der Waals surface area contributed by atoms with Gasteiger partial charge in [0.05, 0.1) is 11.3 Å². The molecule has 0 aliphatic rings. The lowest BCUT2D eigenvalue weighted by atomic mass is 10.0. The fourth-order valence-electron chi connectivity index (χ4n) is 2.54. The monoisotopic (exact) mass is 279 g/mol. The van der Waals surface area contributed by atoms with Crippen molar-refractivity contribution in [2.75, 3.05) is 0 Å². The smallest absolute Gasteiger partial charge is 0.263 e. The van der Waals surface area contributed by atoms with E-state index in [0.717, 1.165) is 11.1 Å². The molecule has 0 saturated carbocycles. The number of benzene rings is 2. The van der Waals surface area contributed by atoms with E-state index in [1.54, 1.807) is 18.4 Å². The van der Waals surface area contributed by atoms with Crippen molar-refractivity contribution >= 4 is 10.8 Å². The van der Waals surface area contributed by atoms with Crippen molar-refractivity contribution in [2.24, 2.45) is 0 Å². The van der Waals surface area contributed by atoms with E-state index in [9.17, 15) is 9.90 Å². The van der Waals surface area contributed by atoms with E-state index >= 15 is 0 Å². The summed E-state index contributed by atoms with van der Waals surface area (Å²) in [7, 11) is 0. The van der Waals surface area contributed by atoms with Gasteiger partial charge in [-0.2, -0.15) is 0 Å². The van der Waals surface area contributed by atoms with Gasteiger partial charge in [0.15, 0.2) is 0 Å². The van der Waals surface area contributed by atoms with E-state index in [1.165, 1.54) is 0 Å². The first kappa shape index (κ1) is 13.6. The van der Waals surface area contributed by atoms with Crippen LogP contribution in [0.15, 0.2) is 65.5 Å². The minimum atomic E-state index is -1.11. The van der Waals surface area contributed by atoms with Crippen molar-refractivity contribution in [3.05, 3.63) is 76.7 Å². The van der Waals surface area contributed by atoms with Crippen molar-refractivity contribution in [3.63, 3.8) is 0 Å². The molecule has 3 aromatic rings. The Labute approximate surface area is 123 Å². The average Bonchev–Trinajstić information content (AvgIpc) is 2.47. The molecule has 0 fully saturated rings. The molecule has 0 radical (unpaired) electrons. The van der Waals surface area contributed by atoms with Crippen LogP contribution in [0.25, 0.3) is 16.5 Å². The summed E-state index contributed by atoms with van der Waals surface area (Å²) in [5.74, 6) is 0. The van der Waals surface area contributed by atoms with Crippen LogP contribution in [0.3, 0.4) is 0 Å². The number of fused-ring (bicyclic) bond motifs is 1. The molecule has 0 amide bonds. The maximum Gasteiger partial charge on any atom is 0.263 e. The SMILES string of the molecule is CC(C)(O)c1cc2ccccc2c(=O)n1-c1ccccc1. The molecule has 0 aliphatic heterocycles. The van der Waals surface area contributed by atoms with Gasteiger partial charge in [0.25, 0.3) is 5.56 Å². The van der Waals surface area contributed by atoms with Gasteiger partial charge in [-0.1, -0.05) is 36.4 Å². The Morgan fingerprint density at radius 3 is 2.24 bits per heavy atom. The van der Waals surface area contributed by atoms with Gasteiger partial charge in [0, 0.05) is 11.1 Å². The third kappa shape index (κ3) is 2.36. The van der Waals surface area contributed by atoms with Gasteiger partial charge in [0.1, 0.15) is 0 Å². The number of pyridine rings is 1. The lowest BCUT2D eigenvalue weighted by Crippen LogP contribution is -2.30. The van der Waals surface area contributed by atoms with Crippen LogP contribution in [0, 0.1) is 0 Å². The summed E-state index contributed by atoms with van der Waals surface area (Å²) in [6, 6.07) is 18.7. The molecule has 3 nitrogen and oxygen atoms in total. The lowest BCUT2D eigenvalue weighted by Gasteiger charge is -2.24. The second kappa shape index (κ2) is 4.86. The second-order valence-electron chi connectivity index (χ2n) is 5.65. The predicted molar refractivity (Wildman–Crippen MR) is 84.8 cm³/mol. The average molecular weight is 279 g/mol. The van der Waals surface area contributed by atoms with Gasteiger partial charge in [-0.3, -0.25) is 9.36 Å². The Kier molecular flexibility index (Phi) is 3.15. The van der Waals surface area contributed by atoms with Crippen molar-refractivity contribution in [1.29, 1.82) is 0 Å². The first-order valence-electron chi connectivity index (χ1n) is 6.91. The molecular weight excluding hydrogens is 262 g/mol. The van der Waals surface area contributed by atoms with Gasteiger partial charge in [-0.05, 0) is 43.5 Å². The van der Waals surface area contributed by atoms with Crippen LogP contribution in [0.2, 0.25) is 0 Å². The van der Waals surface area contributed by atoms with Crippen LogP contribution >= 0.6 is 0 Å². The molecule has 0 spiro atoms. The van der Waals surface area contributed by atoms with Crippen LogP contribution in [0.5, 0.6) is 0 Å². The van der Waals surface area contributed by atoms with Crippen LogP contribution in [0.1, 0.15) is 19.5 Å². The third-order valence-electron chi connectivity index (χ3n) is 3.57. The Bertz CT molecular complexity index is 842. The van der Waals surface area contributed by atoms with Crippen LogP contribution < -0.4 is 5.56 Å². The number of rotatable bonds is 2. The Balaban J connectivity index is 2.46. The van der Waals surface area contributed by atoms with Crippen LogP contribution in [0.4, 0.5) is 0 Å². The molecule has 106 valence electrons. The summed E-state index contributed by atoms with van der Waals surface area (Å²) < 4.78 is 1.59. The van der Waals surface area contributed by atoms with E-state index in [4.69, 9.17) is 0 Å². The number of nitrogens with zero attached hydrogens (tertiary/aromatic N) is 1. The molecule has 0 aliphatic carbocycles. The zero-order valence-corrected chi connectivity index (χ0v) is 12.1. The first-order chi connectivity index (χ1) is 9.98. The number of aliphatic hydroxyl groups is 1. The topological polar surface area (TPSA) is 42.2 Å². The first-order valence-corrected chi connectivity index (χ1v) is 6.91. The summed E-state index contributed by atoms with van der Waals surface area (Å²) in [6.07, 6.45) is 0. The zero-order valence-electron chi connectivity index (χ0n) is 12.1. The van der Waals surface area contributed by atoms with Gasteiger partial charge >= 0.3 is 0 Å². The normalized spacial score (nSPS) is 11.8. The maximum atomic E-state index is 12.8. The van der Waals surface area contributed by atoms with E-state index in [-0.39, 0.29) is 5.56 Å². The summed E-state index contributed by atoms with van der Waals surface area (Å²) >= 11 is 0. The molecule has 0 saturated heterocycles. The van der Waals surface area contributed by atoms with Gasteiger partial charge < -0.3 is 5.11 Å². The fourth-order valence-corrected chi connectivity index (χ4v) is 2.54. The third-order valence-corrected chi connectivity index (χ3v) is 3.57. The molecular formula is C18H17NO2. The highest BCUT2D eigenvalue weighted by molar-refractivity contribution is 5.82. The minimum absolute atomic E-state index is 0.114. The predicted octanol–water partition coefficient (Wildman–Crippen LogP) is 3.22. The van der Waals surface area contributed by atoms with Gasteiger partial charge in [-0.25, -0.2) is 0 Å². The molecule has 1 aromatic heterocycles. The summed E-state index contributed by atoms with van der Waals surface area (Å²) in [4.78, 5) is 12.8. The Morgan fingerprint density at radius 2 is 1.57 bits per heavy atom. The Morgan fingerprint density at radius 1 is 0.952 bits per heavy atom. The van der Waals surface area contributed by atoms with Crippen molar-refractivity contribution in [1.82, 2.24) is 4.57 Å². The van der Waals surface area contributed by atoms with Crippen molar-refractivity contribution < 1.29 is 5.11 Å². The standard InChI is InChI=1S/C18H17NO2/c1-18(2,21)16-12-13-8-6-7-11-15(13)17(20)19(16)14-9-4-3-5-10-14/h3-12,21H,1-2H3. The summed E-state index contributed by atoms with van der Waals surface area (Å²) in [5, 5.41) is 11.9. The van der Waals surface area contributed by atoms with Crippen LogP contribution in [-0.4, -0.2) is 9.67 Å². The molecule has 0 unspecified atom stereocenters. The molecule has 21 heavy (non-hydrogen) atoms. The Hall–Kier alpha value is -2.39. The molecule has 1 N–H and O–H groups in total. The molecule has 1 heterocycles. The molecule has 3 rings (SSSR count). The van der Waals surface area contributed by atoms with Crippen LogP contribution in [-0.2, 0) is 5.60 Å². The highest BCUT2D eigenvalue weighted by Crippen LogP contribution is 2.24. The van der Waals surface area contributed by atoms with Gasteiger partial charge in [-0.15, -0.1) is 0 Å². The van der Waals surface area contributed by atoms with E-state index in [2.05, 4.69) is 0 Å². The molecule has 0 atom stereocenters. The number of hydrogen-bond donors (Lipinski definition) is 1. The van der Waals surface area contributed by atoms with E-state index in [0.29, 0.717) is 11.1 Å². The largest absolute Gasteiger partial charge is 0.384 e. The van der Waals surface area contributed by atoms with Crippen molar-refractivity contribution in [2.45, 2.75) is 19.4 Å².